The summed E-state index contributed by atoms with van der Waals surface area (Å²) in [7, 11) is 0. The lowest BCUT2D eigenvalue weighted by molar-refractivity contribution is -0.144. The minimum atomic E-state index is -0.693. The molecule has 110 valence electrons. The van der Waals surface area contributed by atoms with Crippen LogP contribution in [-0.4, -0.2) is 41.9 Å². The van der Waals surface area contributed by atoms with Crippen molar-refractivity contribution in [2.45, 2.75) is 25.8 Å². The average Bonchev–Trinajstić information content (AvgIpc) is 2.48. The quantitative estimate of drug-likeness (QED) is 0.852. The molecule has 1 aromatic rings. The van der Waals surface area contributed by atoms with Crippen molar-refractivity contribution in [3.05, 3.63) is 35.9 Å². The number of nitriles is 1. The molecule has 1 aliphatic carbocycles. The summed E-state index contributed by atoms with van der Waals surface area (Å²) in [6.45, 7) is 4.21. The first-order chi connectivity index (χ1) is 10.2. The third kappa shape index (κ3) is 2.79. The summed E-state index contributed by atoms with van der Waals surface area (Å²) in [6, 6.07) is 12.7. The molecule has 0 N–H and O–H groups in total. The van der Waals surface area contributed by atoms with E-state index in [1.54, 1.807) is 0 Å². The van der Waals surface area contributed by atoms with Gasteiger partial charge < -0.3 is 4.90 Å². The van der Waals surface area contributed by atoms with E-state index in [1.165, 1.54) is 5.56 Å². The first kappa shape index (κ1) is 14.1. The fourth-order valence-electron chi connectivity index (χ4n) is 3.16. The van der Waals surface area contributed by atoms with Gasteiger partial charge in [0, 0.05) is 32.7 Å². The molecule has 1 saturated heterocycles. The third-order valence-corrected chi connectivity index (χ3v) is 4.74. The van der Waals surface area contributed by atoms with E-state index in [2.05, 4.69) is 35.2 Å². The van der Waals surface area contributed by atoms with E-state index in [0.717, 1.165) is 52.0 Å². The molecule has 21 heavy (non-hydrogen) atoms. The molecule has 0 bridgehead atoms. The van der Waals surface area contributed by atoms with E-state index in [1.807, 2.05) is 11.0 Å². The van der Waals surface area contributed by atoms with Crippen LogP contribution in [0.15, 0.2) is 30.3 Å². The Morgan fingerprint density at radius 2 is 1.81 bits per heavy atom. The summed E-state index contributed by atoms with van der Waals surface area (Å²) >= 11 is 0. The Morgan fingerprint density at radius 1 is 1.14 bits per heavy atom. The molecule has 0 spiro atoms. The fourth-order valence-corrected chi connectivity index (χ4v) is 3.16. The standard InChI is InChI=1S/C17H21N3O/c18-14-17(7-4-8-17)16(21)20-11-9-19(10-12-20)13-15-5-2-1-3-6-15/h1-3,5-6H,4,7-13H2. The molecule has 2 fully saturated rings. The van der Waals surface area contributed by atoms with E-state index < -0.39 is 5.41 Å². The minimum absolute atomic E-state index is 0.0654. The second-order valence-corrected chi connectivity index (χ2v) is 6.10. The largest absolute Gasteiger partial charge is 0.339 e. The topological polar surface area (TPSA) is 47.3 Å². The molecule has 0 aromatic heterocycles. The third-order valence-electron chi connectivity index (χ3n) is 4.74. The zero-order chi connectivity index (χ0) is 14.7. The zero-order valence-electron chi connectivity index (χ0n) is 12.3. The van der Waals surface area contributed by atoms with Crippen molar-refractivity contribution in [2.75, 3.05) is 26.2 Å². The molecule has 3 rings (SSSR count). The lowest BCUT2D eigenvalue weighted by Crippen LogP contribution is -2.54. The van der Waals surface area contributed by atoms with Crippen LogP contribution in [0.1, 0.15) is 24.8 Å². The molecule has 4 nitrogen and oxygen atoms in total. The van der Waals surface area contributed by atoms with Crippen molar-refractivity contribution in [1.29, 1.82) is 5.26 Å². The van der Waals surface area contributed by atoms with Crippen LogP contribution < -0.4 is 0 Å². The second kappa shape index (κ2) is 5.87. The maximum absolute atomic E-state index is 12.5. The lowest BCUT2D eigenvalue weighted by Gasteiger charge is -2.41. The summed E-state index contributed by atoms with van der Waals surface area (Å²) in [4.78, 5) is 16.7. The van der Waals surface area contributed by atoms with E-state index in [-0.39, 0.29) is 5.91 Å². The van der Waals surface area contributed by atoms with Crippen LogP contribution in [0.5, 0.6) is 0 Å². The van der Waals surface area contributed by atoms with Crippen molar-refractivity contribution in [1.82, 2.24) is 9.80 Å². The van der Waals surface area contributed by atoms with Crippen LogP contribution >= 0.6 is 0 Å². The SMILES string of the molecule is N#CC1(C(=O)N2CCN(Cc3ccccc3)CC2)CCC1. The van der Waals surface area contributed by atoms with Gasteiger partial charge in [0.15, 0.2) is 0 Å². The smallest absolute Gasteiger partial charge is 0.243 e. The first-order valence-electron chi connectivity index (χ1n) is 7.70. The number of amides is 1. The summed E-state index contributed by atoms with van der Waals surface area (Å²) in [5.41, 5.74) is 0.617. The number of nitrogens with zero attached hydrogens (tertiary/aromatic N) is 3. The molecule has 0 unspecified atom stereocenters. The number of hydrogen-bond acceptors (Lipinski definition) is 3. The first-order valence-corrected chi connectivity index (χ1v) is 7.70. The van der Waals surface area contributed by atoms with Gasteiger partial charge in [-0.2, -0.15) is 5.26 Å². The summed E-state index contributed by atoms with van der Waals surface area (Å²) < 4.78 is 0. The van der Waals surface area contributed by atoms with Crippen LogP contribution in [-0.2, 0) is 11.3 Å². The minimum Gasteiger partial charge on any atom is -0.339 e. The van der Waals surface area contributed by atoms with E-state index >= 15 is 0 Å². The van der Waals surface area contributed by atoms with Crippen LogP contribution in [0.25, 0.3) is 0 Å². The number of hydrogen-bond donors (Lipinski definition) is 0. The monoisotopic (exact) mass is 283 g/mol. The highest BCUT2D eigenvalue weighted by Gasteiger charge is 2.47. The Hall–Kier alpha value is -1.86. The molecule has 1 aliphatic heterocycles. The van der Waals surface area contributed by atoms with Gasteiger partial charge in [0.2, 0.25) is 5.91 Å². The molecular formula is C17H21N3O. The van der Waals surface area contributed by atoms with Crippen molar-refractivity contribution < 1.29 is 4.79 Å². The Balaban J connectivity index is 1.54. The van der Waals surface area contributed by atoms with Crippen LogP contribution in [0.4, 0.5) is 0 Å². The molecule has 1 heterocycles. The predicted octanol–water partition coefficient (Wildman–Crippen LogP) is 2.02. The van der Waals surface area contributed by atoms with Crippen molar-refractivity contribution >= 4 is 5.91 Å². The van der Waals surface area contributed by atoms with Crippen molar-refractivity contribution in [3.63, 3.8) is 0 Å². The van der Waals surface area contributed by atoms with Crippen molar-refractivity contribution in [2.24, 2.45) is 5.41 Å². The van der Waals surface area contributed by atoms with Gasteiger partial charge in [-0.1, -0.05) is 30.3 Å². The molecule has 0 radical (unpaired) electrons. The number of piperazine rings is 1. The molecule has 2 aliphatic rings. The van der Waals surface area contributed by atoms with Crippen LogP contribution in [0.2, 0.25) is 0 Å². The Kier molecular flexibility index (Phi) is 3.94. The van der Waals surface area contributed by atoms with Gasteiger partial charge >= 0.3 is 0 Å². The molecule has 0 atom stereocenters. The number of carbonyl (C=O) groups is 1. The van der Waals surface area contributed by atoms with Crippen molar-refractivity contribution in [3.8, 4) is 6.07 Å². The highest BCUT2D eigenvalue weighted by molar-refractivity contribution is 5.86. The predicted molar refractivity (Wildman–Crippen MR) is 80.2 cm³/mol. The van der Waals surface area contributed by atoms with Gasteiger partial charge in [0.1, 0.15) is 5.41 Å². The maximum atomic E-state index is 12.5. The van der Waals surface area contributed by atoms with E-state index in [4.69, 9.17) is 0 Å². The van der Waals surface area contributed by atoms with E-state index in [0.29, 0.717) is 0 Å². The maximum Gasteiger partial charge on any atom is 0.243 e. The number of carbonyl (C=O) groups excluding carboxylic acids is 1. The molecular weight excluding hydrogens is 262 g/mol. The zero-order valence-corrected chi connectivity index (χ0v) is 12.3. The van der Waals surface area contributed by atoms with Crippen LogP contribution in [0.3, 0.4) is 0 Å². The van der Waals surface area contributed by atoms with Gasteiger partial charge in [0.25, 0.3) is 0 Å². The average molecular weight is 283 g/mol. The molecule has 1 aromatic carbocycles. The fraction of sp³-hybridized carbons (Fsp3) is 0.529. The van der Waals surface area contributed by atoms with E-state index in [9.17, 15) is 10.1 Å². The normalized spacial score (nSPS) is 21.4. The highest BCUT2D eigenvalue weighted by atomic mass is 16.2. The number of benzene rings is 1. The van der Waals surface area contributed by atoms with Gasteiger partial charge in [-0.3, -0.25) is 9.69 Å². The van der Waals surface area contributed by atoms with Gasteiger partial charge in [0.05, 0.1) is 6.07 Å². The Labute approximate surface area is 126 Å². The summed E-state index contributed by atoms with van der Waals surface area (Å²) in [6.07, 6.45) is 2.49. The Morgan fingerprint density at radius 3 is 2.33 bits per heavy atom. The number of rotatable bonds is 3. The van der Waals surface area contributed by atoms with Crippen LogP contribution in [0, 0.1) is 16.7 Å². The second-order valence-electron chi connectivity index (χ2n) is 6.10. The molecule has 1 amide bonds. The van der Waals surface area contributed by atoms with Gasteiger partial charge in [-0.05, 0) is 24.8 Å². The Bertz CT molecular complexity index is 537. The highest BCUT2D eigenvalue weighted by Crippen LogP contribution is 2.42. The lowest BCUT2D eigenvalue weighted by atomic mass is 9.69. The molecule has 1 saturated carbocycles. The van der Waals surface area contributed by atoms with Gasteiger partial charge in [-0.25, -0.2) is 0 Å². The molecule has 4 heteroatoms. The summed E-state index contributed by atoms with van der Waals surface area (Å²) in [5.74, 6) is 0.0654. The summed E-state index contributed by atoms with van der Waals surface area (Å²) in [5, 5.41) is 9.28. The van der Waals surface area contributed by atoms with Gasteiger partial charge in [-0.15, -0.1) is 0 Å².